The molecule has 0 saturated carbocycles. The van der Waals surface area contributed by atoms with Crippen LogP contribution in [0, 0.1) is 5.82 Å². The first-order valence-electron chi connectivity index (χ1n) is 6.86. The first-order valence-corrected chi connectivity index (χ1v) is 7.65. The number of rotatable bonds is 5. The highest BCUT2D eigenvalue weighted by Gasteiger charge is 2.15. The molecule has 7 heteroatoms. The molecular weight excluding hydrogens is 365 g/mol. The standard InChI is InChI=1S/C16H13BrFN3O2/c17-12-6-11(16-20-14(8-19)23-21-16)7-13(18)15(12)22-9-10-4-2-1-3-5-10/h1-7H,8-9,19H2. The van der Waals surface area contributed by atoms with Gasteiger partial charge in [0.15, 0.2) is 11.6 Å². The van der Waals surface area contributed by atoms with Crippen LogP contribution in [0.5, 0.6) is 5.75 Å². The first-order chi connectivity index (χ1) is 11.2. The van der Waals surface area contributed by atoms with Crippen LogP contribution >= 0.6 is 15.9 Å². The molecule has 0 fully saturated rings. The average Bonchev–Trinajstić information content (AvgIpc) is 3.04. The maximum atomic E-state index is 14.3. The van der Waals surface area contributed by atoms with Crippen molar-refractivity contribution in [2.45, 2.75) is 13.2 Å². The van der Waals surface area contributed by atoms with Crippen molar-refractivity contribution in [1.82, 2.24) is 10.1 Å². The molecule has 0 amide bonds. The second-order valence-electron chi connectivity index (χ2n) is 4.76. The zero-order valence-corrected chi connectivity index (χ0v) is 13.6. The fourth-order valence-corrected chi connectivity index (χ4v) is 2.56. The number of hydrogen-bond acceptors (Lipinski definition) is 5. The molecule has 3 rings (SSSR count). The van der Waals surface area contributed by atoms with Gasteiger partial charge in [0.2, 0.25) is 11.7 Å². The summed E-state index contributed by atoms with van der Waals surface area (Å²) in [6, 6.07) is 12.5. The Labute approximate surface area is 140 Å². The molecule has 0 radical (unpaired) electrons. The van der Waals surface area contributed by atoms with Gasteiger partial charge in [0.25, 0.3) is 0 Å². The Morgan fingerprint density at radius 3 is 2.65 bits per heavy atom. The predicted octanol–water partition coefficient (Wildman–Crippen LogP) is 3.68. The van der Waals surface area contributed by atoms with E-state index in [9.17, 15) is 4.39 Å². The normalized spacial score (nSPS) is 10.7. The number of hydrogen-bond donors (Lipinski definition) is 1. The van der Waals surface area contributed by atoms with Crippen molar-refractivity contribution in [3.8, 4) is 17.1 Å². The Morgan fingerprint density at radius 1 is 1.22 bits per heavy atom. The highest BCUT2D eigenvalue weighted by molar-refractivity contribution is 9.10. The molecule has 23 heavy (non-hydrogen) atoms. The van der Waals surface area contributed by atoms with Crippen LogP contribution in [0.25, 0.3) is 11.4 Å². The van der Waals surface area contributed by atoms with Gasteiger partial charge in [0.05, 0.1) is 11.0 Å². The van der Waals surface area contributed by atoms with Gasteiger partial charge in [-0.15, -0.1) is 0 Å². The average molecular weight is 378 g/mol. The van der Waals surface area contributed by atoms with Crippen LogP contribution in [0.2, 0.25) is 0 Å². The van der Waals surface area contributed by atoms with Crippen molar-refractivity contribution < 1.29 is 13.7 Å². The Bertz CT molecular complexity index is 785. The highest BCUT2D eigenvalue weighted by Crippen LogP contribution is 2.33. The molecule has 3 aromatic rings. The Hall–Kier alpha value is -2.25. The van der Waals surface area contributed by atoms with Crippen LogP contribution in [0.15, 0.2) is 51.5 Å². The maximum absolute atomic E-state index is 14.3. The van der Waals surface area contributed by atoms with Crippen molar-refractivity contribution in [1.29, 1.82) is 0 Å². The second-order valence-corrected chi connectivity index (χ2v) is 5.61. The first kappa shape index (κ1) is 15.6. The monoisotopic (exact) mass is 377 g/mol. The summed E-state index contributed by atoms with van der Waals surface area (Å²) >= 11 is 3.32. The molecule has 5 nitrogen and oxygen atoms in total. The molecule has 2 N–H and O–H groups in total. The van der Waals surface area contributed by atoms with Crippen molar-refractivity contribution >= 4 is 15.9 Å². The fourth-order valence-electron chi connectivity index (χ4n) is 2.01. The SMILES string of the molecule is NCc1nc(-c2cc(F)c(OCc3ccccc3)c(Br)c2)no1. The molecule has 0 aliphatic rings. The molecule has 1 heterocycles. The van der Waals surface area contributed by atoms with Crippen molar-refractivity contribution in [2.24, 2.45) is 5.73 Å². The van der Waals surface area contributed by atoms with Gasteiger partial charge in [-0.25, -0.2) is 4.39 Å². The zero-order valence-electron chi connectivity index (χ0n) is 12.0. The smallest absolute Gasteiger partial charge is 0.240 e. The highest BCUT2D eigenvalue weighted by atomic mass is 79.9. The van der Waals surface area contributed by atoms with E-state index in [-0.39, 0.29) is 24.7 Å². The third-order valence-corrected chi connectivity index (χ3v) is 3.71. The van der Waals surface area contributed by atoms with E-state index < -0.39 is 5.82 Å². The van der Waals surface area contributed by atoms with Crippen molar-refractivity contribution in [3.63, 3.8) is 0 Å². The van der Waals surface area contributed by atoms with E-state index in [4.69, 9.17) is 15.0 Å². The number of ether oxygens (including phenoxy) is 1. The summed E-state index contributed by atoms with van der Waals surface area (Å²) in [5.41, 5.74) is 6.85. The van der Waals surface area contributed by atoms with E-state index in [0.717, 1.165) is 5.56 Å². The van der Waals surface area contributed by atoms with Crippen LogP contribution in [-0.2, 0) is 13.2 Å². The molecule has 2 aromatic carbocycles. The topological polar surface area (TPSA) is 74.2 Å². The molecule has 0 saturated heterocycles. The Balaban J connectivity index is 1.82. The van der Waals surface area contributed by atoms with Gasteiger partial charge in [0.1, 0.15) is 6.61 Å². The largest absolute Gasteiger partial charge is 0.485 e. The second kappa shape index (κ2) is 6.89. The fraction of sp³-hybridized carbons (Fsp3) is 0.125. The summed E-state index contributed by atoms with van der Waals surface area (Å²) in [7, 11) is 0. The van der Waals surface area contributed by atoms with E-state index in [0.29, 0.717) is 15.9 Å². The zero-order chi connectivity index (χ0) is 16.2. The van der Waals surface area contributed by atoms with Gasteiger partial charge < -0.3 is 15.0 Å². The molecule has 0 unspecified atom stereocenters. The summed E-state index contributed by atoms with van der Waals surface area (Å²) in [6.07, 6.45) is 0. The molecule has 0 aliphatic heterocycles. The maximum Gasteiger partial charge on any atom is 0.240 e. The third-order valence-electron chi connectivity index (χ3n) is 3.13. The van der Waals surface area contributed by atoms with Gasteiger partial charge >= 0.3 is 0 Å². The minimum Gasteiger partial charge on any atom is -0.485 e. The quantitative estimate of drug-likeness (QED) is 0.733. The Kier molecular flexibility index (Phi) is 4.68. The number of benzene rings is 2. The van der Waals surface area contributed by atoms with Gasteiger partial charge in [-0.2, -0.15) is 4.98 Å². The van der Waals surface area contributed by atoms with Crippen LogP contribution in [0.3, 0.4) is 0 Å². The van der Waals surface area contributed by atoms with Gasteiger partial charge in [-0.1, -0.05) is 35.5 Å². The van der Waals surface area contributed by atoms with Gasteiger partial charge in [-0.05, 0) is 33.6 Å². The summed E-state index contributed by atoms with van der Waals surface area (Å²) in [5.74, 6) is 0.199. The minimum atomic E-state index is -0.510. The van der Waals surface area contributed by atoms with Crippen LogP contribution in [-0.4, -0.2) is 10.1 Å². The number of halogens is 2. The van der Waals surface area contributed by atoms with Crippen LogP contribution in [0.4, 0.5) is 4.39 Å². The van der Waals surface area contributed by atoms with Gasteiger partial charge in [-0.3, -0.25) is 0 Å². The molecule has 118 valence electrons. The lowest BCUT2D eigenvalue weighted by atomic mass is 10.2. The van der Waals surface area contributed by atoms with E-state index in [1.165, 1.54) is 6.07 Å². The predicted molar refractivity (Wildman–Crippen MR) is 86.1 cm³/mol. The van der Waals surface area contributed by atoms with Crippen molar-refractivity contribution in [3.05, 3.63) is 64.2 Å². The molecule has 0 bridgehead atoms. The molecule has 0 aliphatic carbocycles. The number of nitrogens with two attached hydrogens (primary N) is 1. The molecule has 1 aromatic heterocycles. The molecular formula is C16H13BrFN3O2. The van der Waals surface area contributed by atoms with E-state index in [1.54, 1.807) is 6.07 Å². The number of nitrogens with zero attached hydrogens (tertiary/aromatic N) is 2. The summed E-state index contributed by atoms with van der Waals surface area (Å²) in [5, 5.41) is 3.77. The molecule has 0 atom stereocenters. The van der Waals surface area contributed by atoms with Crippen molar-refractivity contribution in [2.75, 3.05) is 0 Å². The van der Waals surface area contributed by atoms with E-state index in [2.05, 4.69) is 26.1 Å². The van der Waals surface area contributed by atoms with Gasteiger partial charge in [0, 0.05) is 5.56 Å². The third kappa shape index (κ3) is 3.57. The summed E-state index contributed by atoms with van der Waals surface area (Å²) in [4.78, 5) is 4.07. The lowest BCUT2D eigenvalue weighted by Crippen LogP contribution is -1.99. The molecule has 0 spiro atoms. The van der Waals surface area contributed by atoms with Crippen LogP contribution < -0.4 is 10.5 Å². The number of aromatic nitrogens is 2. The minimum absolute atomic E-state index is 0.134. The lowest BCUT2D eigenvalue weighted by molar-refractivity contribution is 0.288. The van der Waals surface area contributed by atoms with E-state index in [1.807, 2.05) is 30.3 Å². The summed E-state index contributed by atoms with van der Waals surface area (Å²) in [6.45, 7) is 0.407. The Morgan fingerprint density at radius 2 is 2.00 bits per heavy atom. The van der Waals surface area contributed by atoms with E-state index >= 15 is 0 Å². The lowest BCUT2D eigenvalue weighted by Gasteiger charge is -2.10. The summed E-state index contributed by atoms with van der Waals surface area (Å²) < 4.78 is 25.3. The van der Waals surface area contributed by atoms with Crippen LogP contribution in [0.1, 0.15) is 11.5 Å².